The largest absolute Gasteiger partial charge is 0.465 e. The zero-order chi connectivity index (χ0) is 19.3. The zero-order valence-corrected chi connectivity index (χ0v) is 17.6. The van der Waals surface area contributed by atoms with E-state index in [1.807, 2.05) is 32.0 Å². The molecule has 2 aromatic rings. The number of methoxy groups -OCH3 is 1. The van der Waals surface area contributed by atoms with Crippen molar-refractivity contribution in [2.24, 2.45) is 0 Å². The number of anilines is 2. The summed E-state index contributed by atoms with van der Waals surface area (Å²) >= 11 is 7.03. The normalized spacial score (nSPS) is 11.7. The Bertz CT molecular complexity index is 799. The molecule has 1 heterocycles. The third-order valence-corrected chi connectivity index (χ3v) is 5.80. The predicted octanol–water partition coefficient (Wildman–Crippen LogP) is 5.73. The van der Waals surface area contributed by atoms with Gasteiger partial charge in [0.25, 0.3) is 0 Å². The molecule has 2 rings (SSSR count). The Labute approximate surface area is 165 Å². The van der Waals surface area contributed by atoms with Crippen molar-refractivity contribution in [1.29, 1.82) is 0 Å². The van der Waals surface area contributed by atoms with Gasteiger partial charge in [-0.3, -0.25) is 0 Å². The van der Waals surface area contributed by atoms with Gasteiger partial charge < -0.3 is 15.4 Å². The minimum Gasteiger partial charge on any atom is -0.465 e. The number of carbonyl (C=O) groups excluding carboxylic acids is 1. The monoisotopic (exact) mass is 390 g/mol. The molecule has 0 fully saturated rings. The number of hydrogen-bond acceptors (Lipinski definition) is 4. The third-order valence-electron chi connectivity index (χ3n) is 4.53. The Morgan fingerprint density at radius 2 is 1.96 bits per heavy atom. The fourth-order valence-corrected chi connectivity index (χ4v) is 4.34. The van der Waals surface area contributed by atoms with Crippen molar-refractivity contribution in [3.8, 4) is 0 Å². The lowest BCUT2D eigenvalue weighted by Gasteiger charge is -2.17. The van der Waals surface area contributed by atoms with E-state index in [9.17, 15) is 4.79 Å². The lowest BCUT2D eigenvalue weighted by molar-refractivity contribution is 0.0601. The number of para-hydroxylation sites is 1. The van der Waals surface area contributed by atoms with Crippen LogP contribution in [0.4, 0.5) is 10.7 Å². The van der Waals surface area contributed by atoms with Gasteiger partial charge in [0.05, 0.1) is 12.7 Å². The van der Waals surface area contributed by atoms with Crippen molar-refractivity contribution in [2.45, 2.75) is 46.5 Å². The molecule has 0 amide bonds. The van der Waals surface area contributed by atoms with Crippen LogP contribution in [-0.4, -0.2) is 18.2 Å². The fraction of sp³-hybridized carbons (Fsp3) is 0.400. The summed E-state index contributed by atoms with van der Waals surface area (Å²) in [6, 6.07) is 8.16. The molecule has 1 aromatic carbocycles. The number of aryl methyl sites for hydroxylation is 1. The van der Waals surface area contributed by atoms with Crippen LogP contribution in [0.1, 0.15) is 59.5 Å². The summed E-state index contributed by atoms with van der Waals surface area (Å²) < 4.78 is 4.96. The van der Waals surface area contributed by atoms with E-state index in [2.05, 4.69) is 30.5 Å². The second-order valence-corrected chi connectivity index (χ2v) is 7.79. The van der Waals surface area contributed by atoms with Crippen LogP contribution in [0.25, 0.3) is 0 Å². The molecule has 4 nitrogen and oxygen atoms in total. The van der Waals surface area contributed by atoms with Crippen molar-refractivity contribution in [3.05, 3.63) is 45.8 Å². The van der Waals surface area contributed by atoms with Gasteiger partial charge in [-0.15, -0.1) is 11.3 Å². The summed E-state index contributed by atoms with van der Waals surface area (Å²) in [5.74, 6) is 0.0966. The van der Waals surface area contributed by atoms with Gasteiger partial charge in [-0.1, -0.05) is 39.0 Å². The molecule has 0 saturated heterocycles. The molecule has 1 aromatic heterocycles. The van der Waals surface area contributed by atoms with Crippen LogP contribution in [0.3, 0.4) is 0 Å². The maximum Gasteiger partial charge on any atom is 0.341 e. The highest BCUT2D eigenvalue weighted by molar-refractivity contribution is 7.80. The molecular weight excluding hydrogens is 364 g/mol. The minimum absolute atomic E-state index is 0.337. The van der Waals surface area contributed by atoms with Crippen LogP contribution in [0.5, 0.6) is 0 Å². The highest BCUT2D eigenvalue weighted by atomic mass is 32.1. The van der Waals surface area contributed by atoms with E-state index in [0.717, 1.165) is 34.0 Å². The van der Waals surface area contributed by atoms with Crippen LogP contribution in [0.2, 0.25) is 0 Å². The summed E-state index contributed by atoms with van der Waals surface area (Å²) in [7, 11) is 1.40. The lowest BCUT2D eigenvalue weighted by atomic mass is 9.97. The summed E-state index contributed by atoms with van der Waals surface area (Å²) in [5, 5.41) is 7.67. The molecule has 6 heteroatoms. The molecule has 2 N–H and O–H groups in total. The molecule has 0 radical (unpaired) electrons. The standard InChI is InChI=1S/C20H26N2O2S2/c1-6-12(3)15-10-8-9-11-16(15)21-20(25)22-18-17(19(23)24-5)14(7-2)13(4)26-18/h8-12H,6-7H2,1-5H3,(H2,21,22,25). The Hall–Kier alpha value is -1.92. The second kappa shape index (κ2) is 9.14. The average molecular weight is 391 g/mol. The molecule has 0 saturated carbocycles. The summed E-state index contributed by atoms with van der Waals surface area (Å²) in [5.41, 5.74) is 3.80. The Morgan fingerprint density at radius 1 is 1.27 bits per heavy atom. The Morgan fingerprint density at radius 3 is 2.58 bits per heavy atom. The van der Waals surface area contributed by atoms with Crippen LogP contribution in [0.15, 0.2) is 24.3 Å². The first kappa shape index (κ1) is 20.4. The van der Waals surface area contributed by atoms with Gasteiger partial charge in [0.15, 0.2) is 5.11 Å². The molecule has 0 aliphatic heterocycles. The molecule has 0 aliphatic rings. The predicted molar refractivity (Wildman–Crippen MR) is 115 cm³/mol. The molecule has 140 valence electrons. The van der Waals surface area contributed by atoms with Crippen LogP contribution in [-0.2, 0) is 11.2 Å². The van der Waals surface area contributed by atoms with Gasteiger partial charge in [-0.25, -0.2) is 4.79 Å². The molecule has 0 aliphatic carbocycles. The Balaban J connectivity index is 2.26. The first-order chi connectivity index (χ1) is 12.4. The second-order valence-electron chi connectivity index (χ2n) is 6.16. The van der Waals surface area contributed by atoms with E-state index in [1.165, 1.54) is 24.0 Å². The maximum atomic E-state index is 12.2. The number of ether oxygens (including phenoxy) is 1. The highest BCUT2D eigenvalue weighted by Crippen LogP contribution is 2.34. The number of thiocarbonyl (C=S) groups is 1. The summed E-state index contributed by atoms with van der Waals surface area (Å²) in [4.78, 5) is 13.3. The zero-order valence-electron chi connectivity index (χ0n) is 15.9. The molecule has 0 bridgehead atoms. The van der Waals surface area contributed by atoms with Gasteiger partial charge in [0.2, 0.25) is 0 Å². The molecule has 26 heavy (non-hydrogen) atoms. The molecule has 1 unspecified atom stereocenters. The van der Waals surface area contributed by atoms with E-state index >= 15 is 0 Å². The van der Waals surface area contributed by atoms with Crippen LogP contribution in [0, 0.1) is 6.92 Å². The number of nitrogens with one attached hydrogen (secondary N) is 2. The number of benzene rings is 1. The smallest absolute Gasteiger partial charge is 0.341 e. The van der Waals surface area contributed by atoms with Gasteiger partial charge in [0.1, 0.15) is 5.00 Å². The lowest BCUT2D eigenvalue weighted by Crippen LogP contribution is -2.21. The van der Waals surface area contributed by atoms with Gasteiger partial charge >= 0.3 is 5.97 Å². The molecular formula is C20H26N2O2S2. The topological polar surface area (TPSA) is 50.4 Å². The maximum absolute atomic E-state index is 12.2. The number of thiophene rings is 1. The van der Waals surface area contributed by atoms with Crippen molar-refractivity contribution in [1.82, 2.24) is 0 Å². The molecule has 1 atom stereocenters. The van der Waals surface area contributed by atoms with Crippen LogP contribution < -0.4 is 10.6 Å². The average Bonchev–Trinajstić information content (AvgIpc) is 2.95. The van der Waals surface area contributed by atoms with E-state index in [0.29, 0.717) is 16.6 Å². The SMILES string of the molecule is CCc1c(C)sc(NC(=S)Nc2ccccc2C(C)CC)c1C(=O)OC. The van der Waals surface area contributed by atoms with Gasteiger partial charge in [-0.2, -0.15) is 0 Å². The fourth-order valence-electron chi connectivity index (χ4n) is 2.93. The quantitative estimate of drug-likeness (QED) is 0.487. The van der Waals surface area contributed by atoms with Gasteiger partial charge in [-0.05, 0) is 55.1 Å². The van der Waals surface area contributed by atoms with E-state index < -0.39 is 0 Å². The highest BCUT2D eigenvalue weighted by Gasteiger charge is 2.22. The minimum atomic E-state index is -0.337. The van der Waals surface area contributed by atoms with E-state index in [1.54, 1.807) is 0 Å². The van der Waals surface area contributed by atoms with Crippen molar-refractivity contribution in [2.75, 3.05) is 17.7 Å². The van der Waals surface area contributed by atoms with Crippen molar-refractivity contribution >= 4 is 45.3 Å². The van der Waals surface area contributed by atoms with E-state index in [4.69, 9.17) is 17.0 Å². The third kappa shape index (κ3) is 4.43. The summed E-state index contributed by atoms with van der Waals surface area (Å²) in [6.07, 6.45) is 1.82. The number of rotatable bonds is 6. The first-order valence-electron chi connectivity index (χ1n) is 8.80. The molecule has 0 spiro atoms. The van der Waals surface area contributed by atoms with E-state index in [-0.39, 0.29) is 5.97 Å². The Kier molecular flexibility index (Phi) is 7.17. The van der Waals surface area contributed by atoms with Crippen molar-refractivity contribution in [3.63, 3.8) is 0 Å². The first-order valence-corrected chi connectivity index (χ1v) is 10.0. The number of esters is 1. The van der Waals surface area contributed by atoms with Gasteiger partial charge in [0, 0.05) is 10.6 Å². The number of carbonyl (C=O) groups is 1. The number of hydrogen-bond donors (Lipinski definition) is 2. The van der Waals surface area contributed by atoms with Crippen LogP contribution >= 0.6 is 23.6 Å². The van der Waals surface area contributed by atoms with Crippen molar-refractivity contribution < 1.29 is 9.53 Å². The summed E-state index contributed by atoms with van der Waals surface area (Å²) in [6.45, 7) is 8.41.